The number of hydrogen-bond donors (Lipinski definition) is 3. The molecule has 1 aliphatic heterocycles. The lowest BCUT2D eigenvalue weighted by Gasteiger charge is -2.33. The molecular weight excluding hydrogens is 325 g/mol. The lowest BCUT2D eigenvalue weighted by atomic mass is 10.0. The lowest BCUT2D eigenvalue weighted by molar-refractivity contribution is 0.0908. The number of carbonyl (C=O) groups excluding carboxylic acids is 1. The average molecular weight is 342 g/mol. The molecule has 0 aliphatic carbocycles. The summed E-state index contributed by atoms with van der Waals surface area (Å²) >= 11 is 12.1. The standard InChI is InChI=1S/C14H17Cl2N5O/c1-8-11(15)12(16)13(19-8)14(22)20-9-2-3-17-6-10(9)21-5-4-18-7-21/h4-5,7,9-10,17,19H,2-3,6H2,1H3,(H,20,22)/t9-,10+/m1/s1. The largest absolute Gasteiger partial charge is 0.352 e. The smallest absolute Gasteiger partial charge is 0.269 e. The van der Waals surface area contributed by atoms with Crippen LogP contribution in [0.5, 0.6) is 0 Å². The van der Waals surface area contributed by atoms with Crippen LogP contribution < -0.4 is 10.6 Å². The van der Waals surface area contributed by atoms with E-state index in [1.165, 1.54) is 0 Å². The molecule has 0 unspecified atom stereocenters. The summed E-state index contributed by atoms with van der Waals surface area (Å²) in [6.07, 6.45) is 6.23. The first kappa shape index (κ1) is 15.4. The van der Waals surface area contributed by atoms with Crippen LogP contribution in [0.2, 0.25) is 10.0 Å². The first-order valence-electron chi connectivity index (χ1n) is 7.10. The second-order valence-corrected chi connectivity index (χ2v) is 6.16. The van der Waals surface area contributed by atoms with E-state index in [4.69, 9.17) is 23.2 Å². The Hall–Kier alpha value is -1.50. The third-order valence-corrected chi connectivity index (χ3v) is 4.90. The average Bonchev–Trinajstić information content (AvgIpc) is 3.13. The van der Waals surface area contributed by atoms with Gasteiger partial charge >= 0.3 is 0 Å². The van der Waals surface area contributed by atoms with E-state index in [-0.39, 0.29) is 23.0 Å². The van der Waals surface area contributed by atoms with Gasteiger partial charge in [0, 0.05) is 24.6 Å². The Balaban J connectivity index is 1.78. The van der Waals surface area contributed by atoms with Crippen LogP contribution in [0, 0.1) is 6.92 Å². The van der Waals surface area contributed by atoms with E-state index < -0.39 is 0 Å². The highest BCUT2D eigenvalue weighted by atomic mass is 35.5. The molecule has 2 aromatic heterocycles. The molecule has 1 aliphatic rings. The van der Waals surface area contributed by atoms with Gasteiger partial charge in [-0.3, -0.25) is 4.79 Å². The van der Waals surface area contributed by atoms with Gasteiger partial charge in [-0.1, -0.05) is 23.2 Å². The van der Waals surface area contributed by atoms with Crippen molar-refractivity contribution >= 4 is 29.1 Å². The summed E-state index contributed by atoms with van der Waals surface area (Å²) in [4.78, 5) is 19.5. The van der Waals surface area contributed by atoms with Crippen LogP contribution in [0.25, 0.3) is 0 Å². The van der Waals surface area contributed by atoms with Gasteiger partial charge in [-0.15, -0.1) is 0 Å². The Labute approximate surface area is 138 Å². The highest BCUT2D eigenvalue weighted by Crippen LogP contribution is 2.29. The number of hydrogen-bond acceptors (Lipinski definition) is 3. The third-order valence-electron chi connectivity index (χ3n) is 3.96. The van der Waals surface area contributed by atoms with E-state index in [1.54, 1.807) is 19.4 Å². The van der Waals surface area contributed by atoms with Crippen LogP contribution >= 0.6 is 23.2 Å². The Morgan fingerprint density at radius 3 is 2.91 bits per heavy atom. The van der Waals surface area contributed by atoms with Crippen LogP contribution in [-0.2, 0) is 0 Å². The van der Waals surface area contributed by atoms with Gasteiger partial charge in [0.15, 0.2) is 0 Å². The van der Waals surface area contributed by atoms with Crippen molar-refractivity contribution < 1.29 is 4.79 Å². The lowest BCUT2D eigenvalue weighted by Crippen LogP contribution is -2.50. The van der Waals surface area contributed by atoms with Crippen molar-refractivity contribution in [2.45, 2.75) is 25.4 Å². The molecule has 3 rings (SSSR count). The molecule has 8 heteroatoms. The summed E-state index contributed by atoms with van der Waals surface area (Å²) in [5, 5.41) is 7.05. The van der Waals surface area contributed by atoms with E-state index in [2.05, 4.69) is 20.6 Å². The second-order valence-electron chi connectivity index (χ2n) is 5.40. The maximum absolute atomic E-state index is 12.5. The number of piperidine rings is 1. The number of nitrogens with zero attached hydrogens (tertiary/aromatic N) is 2. The molecule has 2 atom stereocenters. The maximum Gasteiger partial charge on any atom is 0.269 e. The summed E-state index contributed by atoms with van der Waals surface area (Å²) in [5.41, 5.74) is 1.00. The monoisotopic (exact) mass is 341 g/mol. The summed E-state index contributed by atoms with van der Waals surface area (Å²) in [6.45, 7) is 3.41. The van der Waals surface area contributed by atoms with Crippen LogP contribution in [-0.4, -0.2) is 39.6 Å². The molecule has 1 saturated heterocycles. The Morgan fingerprint density at radius 1 is 1.45 bits per heavy atom. The number of H-pyrrole nitrogens is 1. The van der Waals surface area contributed by atoms with Gasteiger partial charge < -0.3 is 20.2 Å². The van der Waals surface area contributed by atoms with Gasteiger partial charge in [0.25, 0.3) is 5.91 Å². The molecule has 0 aromatic carbocycles. The molecule has 0 spiro atoms. The van der Waals surface area contributed by atoms with E-state index >= 15 is 0 Å². The Bertz CT molecular complexity index is 667. The molecule has 3 heterocycles. The van der Waals surface area contributed by atoms with E-state index in [0.717, 1.165) is 19.5 Å². The topological polar surface area (TPSA) is 74.7 Å². The molecular formula is C14H17Cl2N5O. The number of halogens is 2. The highest BCUT2D eigenvalue weighted by Gasteiger charge is 2.29. The zero-order chi connectivity index (χ0) is 15.7. The number of aromatic nitrogens is 3. The number of rotatable bonds is 3. The minimum atomic E-state index is -0.239. The minimum absolute atomic E-state index is 0.00129. The highest BCUT2D eigenvalue weighted by molar-refractivity contribution is 6.44. The van der Waals surface area contributed by atoms with Crippen molar-refractivity contribution in [3.05, 3.63) is 40.2 Å². The number of aromatic amines is 1. The quantitative estimate of drug-likeness (QED) is 0.800. The van der Waals surface area contributed by atoms with Crippen LogP contribution in [0.4, 0.5) is 0 Å². The van der Waals surface area contributed by atoms with Crippen molar-refractivity contribution in [2.24, 2.45) is 0 Å². The van der Waals surface area contributed by atoms with Crippen molar-refractivity contribution in [2.75, 3.05) is 13.1 Å². The number of aryl methyl sites for hydroxylation is 1. The summed E-state index contributed by atoms with van der Waals surface area (Å²) in [6, 6.07) is 0.118. The predicted octanol–water partition coefficient (Wildman–Crippen LogP) is 2.16. The first-order valence-corrected chi connectivity index (χ1v) is 7.86. The van der Waals surface area contributed by atoms with Gasteiger partial charge in [-0.2, -0.15) is 0 Å². The van der Waals surface area contributed by atoms with Crippen molar-refractivity contribution in [1.29, 1.82) is 0 Å². The van der Waals surface area contributed by atoms with Gasteiger partial charge in [-0.25, -0.2) is 4.98 Å². The van der Waals surface area contributed by atoms with Gasteiger partial charge in [0.05, 0.1) is 28.5 Å². The zero-order valence-corrected chi connectivity index (χ0v) is 13.6. The molecule has 0 saturated carbocycles. The molecule has 2 aromatic rings. The van der Waals surface area contributed by atoms with Crippen molar-refractivity contribution in [3.8, 4) is 0 Å². The maximum atomic E-state index is 12.5. The Kier molecular flexibility index (Phi) is 4.42. The molecule has 0 bridgehead atoms. The molecule has 3 N–H and O–H groups in total. The van der Waals surface area contributed by atoms with Gasteiger partial charge in [0.1, 0.15) is 5.69 Å². The van der Waals surface area contributed by atoms with Gasteiger partial charge in [-0.05, 0) is 19.9 Å². The molecule has 0 radical (unpaired) electrons. The molecule has 6 nitrogen and oxygen atoms in total. The number of amides is 1. The summed E-state index contributed by atoms with van der Waals surface area (Å²) in [7, 11) is 0. The Morgan fingerprint density at radius 2 is 2.27 bits per heavy atom. The van der Waals surface area contributed by atoms with E-state index in [1.807, 2.05) is 10.8 Å². The SMILES string of the molecule is Cc1[nH]c(C(=O)N[C@@H]2CCNC[C@@H]2n2ccnc2)c(Cl)c1Cl. The fourth-order valence-corrected chi connectivity index (χ4v) is 3.17. The van der Waals surface area contributed by atoms with Crippen LogP contribution in [0.15, 0.2) is 18.7 Å². The molecule has 118 valence electrons. The minimum Gasteiger partial charge on any atom is -0.352 e. The number of imidazole rings is 1. The summed E-state index contributed by atoms with van der Waals surface area (Å²) in [5.74, 6) is -0.239. The number of nitrogens with one attached hydrogen (secondary N) is 3. The van der Waals surface area contributed by atoms with Gasteiger partial charge in [0.2, 0.25) is 0 Å². The normalized spacial score (nSPS) is 21.8. The fraction of sp³-hybridized carbons (Fsp3) is 0.429. The molecule has 1 fully saturated rings. The van der Waals surface area contributed by atoms with Crippen LogP contribution in [0.3, 0.4) is 0 Å². The molecule has 22 heavy (non-hydrogen) atoms. The van der Waals surface area contributed by atoms with Crippen molar-refractivity contribution in [3.63, 3.8) is 0 Å². The predicted molar refractivity (Wildman–Crippen MR) is 85.6 cm³/mol. The number of carbonyl (C=O) groups is 1. The third kappa shape index (κ3) is 2.86. The molecule has 1 amide bonds. The van der Waals surface area contributed by atoms with E-state index in [0.29, 0.717) is 16.4 Å². The fourth-order valence-electron chi connectivity index (χ4n) is 2.76. The first-order chi connectivity index (χ1) is 10.6. The second kappa shape index (κ2) is 6.32. The summed E-state index contributed by atoms with van der Waals surface area (Å²) < 4.78 is 2.01. The van der Waals surface area contributed by atoms with Crippen LogP contribution in [0.1, 0.15) is 28.6 Å². The van der Waals surface area contributed by atoms with Crippen molar-refractivity contribution in [1.82, 2.24) is 25.2 Å². The van der Waals surface area contributed by atoms with E-state index in [9.17, 15) is 4.79 Å². The zero-order valence-electron chi connectivity index (χ0n) is 12.1.